The summed E-state index contributed by atoms with van der Waals surface area (Å²) in [6.45, 7) is 1.77. The van der Waals surface area contributed by atoms with E-state index in [-0.39, 0.29) is 11.0 Å². The van der Waals surface area contributed by atoms with E-state index in [1.165, 1.54) is 12.3 Å². The number of carbonyl (C=O) groups excluding carboxylic acids is 1. The first kappa shape index (κ1) is 13.5. The van der Waals surface area contributed by atoms with Gasteiger partial charge in [0, 0.05) is 29.0 Å². The standard InChI is InChI=1S/C14H13BrN2O2/c1-9-6-13(18)12(8-16-9)14(19)17-11-4-2-10(7-15)3-5-11/h2-6,8H,7H2,1H3,(H,16,18)(H,17,19). The summed E-state index contributed by atoms with van der Waals surface area (Å²) in [5.41, 5.74) is 2.32. The zero-order valence-corrected chi connectivity index (χ0v) is 12.0. The van der Waals surface area contributed by atoms with Crippen LogP contribution < -0.4 is 10.7 Å². The highest BCUT2D eigenvalue weighted by Crippen LogP contribution is 2.12. The fourth-order valence-electron chi connectivity index (χ4n) is 1.63. The number of aryl methyl sites for hydroxylation is 1. The lowest BCUT2D eigenvalue weighted by atomic mass is 10.2. The van der Waals surface area contributed by atoms with E-state index in [1.807, 2.05) is 12.1 Å². The molecule has 4 nitrogen and oxygen atoms in total. The van der Waals surface area contributed by atoms with E-state index in [2.05, 4.69) is 26.2 Å². The summed E-state index contributed by atoms with van der Waals surface area (Å²) in [4.78, 5) is 26.5. The number of hydrogen-bond acceptors (Lipinski definition) is 2. The second-order valence-corrected chi connectivity index (χ2v) is 4.74. The maximum atomic E-state index is 12.0. The van der Waals surface area contributed by atoms with Gasteiger partial charge in [0.2, 0.25) is 0 Å². The van der Waals surface area contributed by atoms with Gasteiger partial charge in [0.05, 0.1) is 0 Å². The molecule has 2 N–H and O–H groups in total. The number of pyridine rings is 1. The summed E-state index contributed by atoms with van der Waals surface area (Å²) in [5.74, 6) is -0.409. The Bertz CT molecular complexity index is 647. The van der Waals surface area contributed by atoms with Crippen LogP contribution in [0.3, 0.4) is 0 Å². The van der Waals surface area contributed by atoms with Crippen LogP contribution >= 0.6 is 15.9 Å². The molecule has 0 aliphatic heterocycles. The van der Waals surface area contributed by atoms with Crippen LogP contribution in [0.4, 0.5) is 5.69 Å². The molecular weight excluding hydrogens is 308 g/mol. The molecule has 0 saturated heterocycles. The van der Waals surface area contributed by atoms with Gasteiger partial charge >= 0.3 is 0 Å². The predicted molar refractivity (Wildman–Crippen MR) is 78.8 cm³/mol. The molecule has 0 radical (unpaired) electrons. The monoisotopic (exact) mass is 320 g/mol. The molecule has 98 valence electrons. The Morgan fingerprint density at radius 3 is 2.58 bits per heavy atom. The molecule has 1 aromatic heterocycles. The Balaban J connectivity index is 2.18. The Morgan fingerprint density at radius 2 is 2.00 bits per heavy atom. The number of anilines is 1. The minimum atomic E-state index is -0.409. The lowest BCUT2D eigenvalue weighted by Crippen LogP contribution is -2.21. The number of nitrogens with one attached hydrogen (secondary N) is 2. The Hall–Kier alpha value is -1.88. The first-order valence-electron chi connectivity index (χ1n) is 5.76. The minimum absolute atomic E-state index is 0.107. The first-order valence-corrected chi connectivity index (χ1v) is 6.88. The third-order valence-electron chi connectivity index (χ3n) is 2.67. The maximum absolute atomic E-state index is 12.0. The van der Waals surface area contributed by atoms with Crippen molar-refractivity contribution in [2.45, 2.75) is 12.3 Å². The zero-order chi connectivity index (χ0) is 13.8. The van der Waals surface area contributed by atoms with Gasteiger partial charge in [-0.2, -0.15) is 0 Å². The smallest absolute Gasteiger partial charge is 0.261 e. The van der Waals surface area contributed by atoms with E-state index < -0.39 is 5.91 Å². The normalized spacial score (nSPS) is 10.2. The number of benzene rings is 1. The van der Waals surface area contributed by atoms with Crippen LogP contribution in [-0.2, 0) is 5.33 Å². The summed E-state index contributed by atoms with van der Waals surface area (Å²) in [6.07, 6.45) is 1.43. The van der Waals surface area contributed by atoms with Gasteiger partial charge in [-0.05, 0) is 24.6 Å². The van der Waals surface area contributed by atoms with Gasteiger partial charge in [-0.15, -0.1) is 0 Å². The summed E-state index contributed by atoms with van der Waals surface area (Å²) < 4.78 is 0. The van der Waals surface area contributed by atoms with Gasteiger partial charge in [0.1, 0.15) is 5.56 Å². The molecule has 1 heterocycles. The van der Waals surface area contributed by atoms with Crippen molar-refractivity contribution in [2.24, 2.45) is 0 Å². The van der Waals surface area contributed by atoms with Gasteiger partial charge in [-0.25, -0.2) is 0 Å². The van der Waals surface area contributed by atoms with Crippen molar-refractivity contribution in [3.05, 3.63) is 63.6 Å². The Morgan fingerprint density at radius 1 is 1.32 bits per heavy atom. The van der Waals surface area contributed by atoms with Crippen molar-refractivity contribution in [2.75, 3.05) is 5.32 Å². The van der Waals surface area contributed by atoms with Crippen molar-refractivity contribution in [3.8, 4) is 0 Å². The molecule has 0 spiro atoms. The van der Waals surface area contributed by atoms with Gasteiger partial charge < -0.3 is 10.3 Å². The van der Waals surface area contributed by atoms with E-state index in [0.29, 0.717) is 5.69 Å². The van der Waals surface area contributed by atoms with Gasteiger partial charge in [0.25, 0.3) is 5.91 Å². The lowest BCUT2D eigenvalue weighted by molar-refractivity contribution is 0.102. The van der Waals surface area contributed by atoms with Gasteiger partial charge in [0.15, 0.2) is 5.43 Å². The maximum Gasteiger partial charge on any atom is 0.261 e. The van der Waals surface area contributed by atoms with Crippen LogP contribution in [0.2, 0.25) is 0 Å². The Labute approximate surface area is 119 Å². The molecule has 5 heteroatoms. The molecule has 1 aromatic carbocycles. The van der Waals surface area contributed by atoms with E-state index in [4.69, 9.17) is 0 Å². The first-order chi connectivity index (χ1) is 9.10. The van der Waals surface area contributed by atoms with Gasteiger partial charge in [-0.1, -0.05) is 28.1 Å². The van der Waals surface area contributed by atoms with Crippen LogP contribution in [0.5, 0.6) is 0 Å². The van der Waals surface area contributed by atoms with Crippen molar-refractivity contribution >= 4 is 27.5 Å². The SMILES string of the molecule is Cc1cc(=O)c(C(=O)Nc2ccc(CBr)cc2)c[nH]1. The number of amides is 1. The predicted octanol–water partition coefficient (Wildman–Crippen LogP) is 2.83. The molecule has 2 rings (SSSR count). The average Bonchev–Trinajstić information content (AvgIpc) is 2.39. The van der Waals surface area contributed by atoms with Crippen LogP contribution in [-0.4, -0.2) is 10.9 Å². The van der Waals surface area contributed by atoms with Gasteiger partial charge in [-0.3, -0.25) is 9.59 Å². The van der Waals surface area contributed by atoms with Crippen molar-refractivity contribution < 1.29 is 4.79 Å². The molecule has 0 saturated carbocycles. The van der Waals surface area contributed by atoms with Crippen LogP contribution in [0.25, 0.3) is 0 Å². The minimum Gasteiger partial charge on any atom is -0.364 e. The molecule has 2 aromatic rings. The highest BCUT2D eigenvalue weighted by molar-refractivity contribution is 9.08. The number of aromatic nitrogens is 1. The molecule has 1 amide bonds. The fourth-order valence-corrected chi connectivity index (χ4v) is 2.00. The number of aromatic amines is 1. The van der Waals surface area contributed by atoms with Crippen LogP contribution in [0.15, 0.2) is 41.3 Å². The van der Waals surface area contributed by atoms with E-state index in [1.54, 1.807) is 19.1 Å². The molecule has 0 bridgehead atoms. The zero-order valence-electron chi connectivity index (χ0n) is 10.4. The van der Waals surface area contributed by atoms with Crippen molar-refractivity contribution in [1.82, 2.24) is 4.98 Å². The quantitative estimate of drug-likeness (QED) is 0.854. The fraction of sp³-hybridized carbons (Fsp3) is 0.143. The number of alkyl halides is 1. The molecule has 19 heavy (non-hydrogen) atoms. The highest BCUT2D eigenvalue weighted by atomic mass is 79.9. The number of rotatable bonds is 3. The average molecular weight is 321 g/mol. The number of halogens is 1. The third kappa shape index (κ3) is 3.32. The van der Waals surface area contributed by atoms with Crippen LogP contribution in [0, 0.1) is 6.92 Å². The highest BCUT2D eigenvalue weighted by Gasteiger charge is 2.10. The summed E-state index contributed by atoms with van der Waals surface area (Å²) >= 11 is 3.35. The molecule has 0 aliphatic carbocycles. The van der Waals surface area contributed by atoms with Crippen molar-refractivity contribution in [1.29, 1.82) is 0 Å². The molecular formula is C14H13BrN2O2. The summed E-state index contributed by atoms with van der Waals surface area (Å²) in [5, 5.41) is 3.46. The second-order valence-electron chi connectivity index (χ2n) is 4.18. The molecule has 0 aliphatic rings. The number of H-pyrrole nitrogens is 1. The summed E-state index contributed by atoms with van der Waals surface area (Å²) in [6, 6.07) is 8.82. The molecule has 0 fully saturated rings. The molecule has 0 atom stereocenters. The van der Waals surface area contributed by atoms with E-state index >= 15 is 0 Å². The van der Waals surface area contributed by atoms with Crippen molar-refractivity contribution in [3.63, 3.8) is 0 Å². The van der Waals surface area contributed by atoms with Crippen LogP contribution in [0.1, 0.15) is 21.6 Å². The second kappa shape index (κ2) is 5.84. The third-order valence-corrected chi connectivity index (χ3v) is 3.32. The topological polar surface area (TPSA) is 62.0 Å². The molecule has 0 unspecified atom stereocenters. The number of carbonyl (C=O) groups is 1. The van der Waals surface area contributed by atoms with E-state index in [0.717, 1.165) is 16.6 Å². The lowest BCUT2D eigenvalue weighted by Gasteiger charge is -2.05. The van der Waals surface area contributed by atoms with E-state index in [9.17, 15) is 9.59 Å². The summed E-state index contributed by atoms with van der Waals surface area (Å²) in [7, 11) is 0. The Kier molecular flexibility index (Phi) is 4.16. The number of hydrogen-bond donors (Lipinski definition) is 2. The largest absolute Gasteiger partial charge is 0.364 e.